The molecule has 0 radical (unpaired) electrons. The molecule has 1 unspecified atom stereocenters. The Hall–Kier alpha value is -2.13. The highest BCUT2D eigenvalue weighted by atomic mass is 16.1. The zero-order valence-corrected chi connectivity index (χ0v) is 11.2. The second-order valence-corrected chi connectivity index (χ2v) is 4.73. The first-order valence-corrected chi connectivity index (χ1v) is 6.30. The summed E-state index contributed by atoms with van der Waals surface area (Å²) in [6.07, 6.45) is 0. The Kier molecular flexibility index (Phi) is 3.97. The van der Waals surface area contributed by atoms with Crippen LogP contribution in [-0.2, 0) is 0 Å². The van der Waals surface area contributed by atoms with Gasteiger partial charge < -0.3 is 11.1 Å². The minimum Gasteiger partial charge on any atom is -0.324 e. The summed E-state index contributed by atoms with van der Waals surface area (Å²) in [6.45, 7) is 3.92. The quantitative estimate of drug-likeness (QED) is 0.883. The summed E-state index contributed by atoms with van der Waals surface area (Å²) >= 11 is 0. The molecule has 0 aliphatic rings. The zero-order chi connectivity index (χ0) is 13.8. The fourth-order valence-corrected chi connectivity index (χ4v) is 1.78. The Balaban J connectivity index is 2.08. The molecule has 2 rings (SSSR count). The molecule has 0 spiro atoms. The van der Waals surface area contributed by atoms with Gasteiger partial charge in [-0.3, -0.25) is 4.79 Å². The summed E-state index contributed by atoms with van der Waals surface area (Å²) in [4.78, 5) is 12.0. The van der Waals surface area contributed by atoms with E-state index in [-0.39, 0.29) is 11.9 Å². The van der Waals surface area contributed by atoms with Crippen LogP contribution >= 0.6 is 0 Å². The third-order valence-corrected chi connectivity index (χ3v) is 3.01. The highest BCUT2D eigenvalue weighted by Gasteiger charge is 2.06. The lowest BCUT2D eigenvalue weighted by atomic mass is 10.1. The third-order valence-electron chi connectivity index (χ3n) is 3.01. The Morgan fingerprint density at radius 2 is 1.63 bits per heavy atom. The second-order valence-electron chi connectivity index (χ2n) is 4.73. The standard InChI is InChI=1S/C16H18N2O/c1-11-3-5-14(6-4-11)16(19)18-15-9-7-13(8-10-15)12(2)17/h3-10,12H,17H2,1-2H3,(H,18,19). The van der Waals surface area contributed by atoms with Crippen molar-refractivity contribution in [3.63, 3.8) is 0 Å². The highest BCUT2D eigenvalue weighted by molar-refractivity contribution is 6.04. The second kappa shape index (κ2) is 5.67. The maximum Gasteiger partial charge on any atom is 0.255 e. The molecule has 98 valence electrons. The summed E-state index contributed by atoms with van der Waals surface area (Å²) in [5.74, 6) is -0.103. The van der Waals surface area contributed by atoms with Crippen LogP contribution in [0.25, 0.3) is 0 Å². The number of nitrogens with two attached hydrogens (primary N) is 1. The minimum absolute atomic E-state index is 0.00171. The molecule has 1 atom stereocenters. The molecule has 0 aliphatic carbocycles. The molecule has 3 heteroatoms. The van der Waals surface area contributed by atoms with Crippen LogP contribution in [0, 0.1) is 6.92 Å². The van der Waals surface area contributed by atoms with Crippen molar-refractivity contribution in [3.05, 3.63) is 65.2 Å². The van der Waals surface area contributed by atoms with E-state index in [9.17, 15) is 4.79 Å². The molecule has 1 amide bonds. The van der Waals surface area contributed by atoms with Crippen LogP contribution in [0.1, 0.15) is 34.5 Å². The summed E-state index contributed by atoms with van der Waals surface area (Å²) in [5, 5.41) is 2.86. The van der Waals surface area contributed by atoms with Crippen molar-refractivity contribution in [3.8, 4) is 0 Å². The molecular weight excluding hydrogens is 236 g/mol. The number of aryl methyl sites for hydroxylation is 1. The van der Waals surface area contributed by atoms with Gasteiger partial charge in [0.05, 0.1) is 0 Å². The number of carbonyl (C=O) groups excluding carboxylic acids is 1. The molecule has 2 aromatic carbocycles. The molecule has 0 fully saturated rings. The van der Waals surface area contributed by atoms with Gasteiger partial charge in [0.2, 0.25) is 0 Å². The van der Waals surface area contributed by atoms with Crippen molar-refractivity contribution in [2.45, 2.75) is 19.9 Å². The van der Waals surface area contributed by atoms with Gasteiger partial charge >= 0.3 is 0 Å². The van der Waals surface area contributed by atoms with E-state index in [4.69, 9.17) is 5.73 Å². The first-order valence-electron chi connectivity index (χ1n) is 6.30. The number of nitrogens with one attached hydrogen (secondary N) is 1. The lowest BCUT2D eigenvalue weighted by molar-refractivity contribution is 0.102. The van der Waals surface area contributed by atoms with Crippen LogP contribution in [0.15, 0.2) is 48.5 Å². The van der Waals surface area contributed by atoms with Gasteiger partial charge in [-0.1, -0.05) is 29.8 Å². The lowest BCUT2D eigenvalue weighted by Crippen LogP contribution is -2.12. The third kappa shape index (κ3) is 3.42. The smallest absolute Gasteiger partial charge is 0.255 e. The Morgan fingerprint density at radius 3 is 2.16 bits per heavy atom. The topological polar surface area (TPSA) is 55.1 Å². The number of carbonyl (C=O) groups is 1. The maximum atomic E-state index is 12.0. The van der Waals surface area contributed by atoms with E-state index in [1.54, 1.807) is 0 Å². The molecule has 3 N–H and O–H groups in total. The number of anilines is 1. The van der Waals surface area contributed by atoms with Gasteiger partial charge in [-0.25, -0.2) is 0 Å². The molecule has 3 nitrogen and oxygen atoms in total. The van der Waals surface area contributed by atoms with Crippen molar-refractivity contribution >= 4 is 11.6 Å². The van der Waals surface area contributed by atoms with Crippen LogP contribution in [-0.4, -0.2) is 5.91 Å². The molecule has 0 heterocycles. The number of rotatable bonds is 3. The van der Waals surface area contributed by atoms with Crippen LogP contribution in [0.3, 0.4) is 0 Å². The Bertz CT molecular complexity index is 556. The number of hydrogen-bond donors (Lipinski definition) is 2. The summed E-state index contributed by atoms with van der Waals surface area (Å²) < 4.78 is 0. The number of amides is 1. The van der Waals surface area contributed by atoms with Gasteiger partial charge in [-0.15, -0.1) is 0 Å². The van der Waals surface area contributed by atoms with E-state index in [0.29, 0.717) is 5.56 Å². The van der Waals surface area contributed by atoms with Gasteiger partial charge in [-0.05, 0) is 43.7 Å². The van der Waals surface area contributed by atoms with Crippen molar-refractivity contribution in [2.75, 3.05) is 5.32 Å². The first kappa shape index (κ1) is 13.3. The van der Waals surface area contributed by atoms with Gasteiger partial charge in [0, 0.05) is 17.3 Å². The molecular formula is C16H18N2O. The molecule has 0 saturated carbocycles. The van der Waals surface area contributed by atoms with Crippen molar-refractivity contribution < 1.29 is 4.79 Å². The lowest BCUT2D eigenvalue weighted by Gasteiger charge is -2.08. The number of benzene rings is 2. The fourth-order valence-electron chi connectivity index (χ4n) is 1.78. The average Bonchev–Trinajstić information content (AvgIpc) is 2.40. The van der Waals surface area contributed by atoms with Gasteiger partial charge in [0.1, 0.15) is 0 Å². The van der Waals surface area contributed by atoms with Crippen LogP contribution in [0.2, 0.25) is 0 Å². The van der Waals surface area contributed by atoms with Gasteiger partial charge in [0.15, 0.2) is 0 Å². The molecule has 0 aliphatic heterocycles. The van der Waals surface area contributed by atoms with Crippen LogP contribution in [0.5, 0.6) is 0 Å². The summed E-state index contributed by atoms with van der Waals surface area (Å²) in [7, 11) is 0. The predicted molar refractivity (Wildman–Crippen MR) is 78.2 cm³/mol. The molecule has 19 heavy (non-hydrogen) atoms. The van der Waals surface area contributed by atoms with E-state index in [0.717, 1.165) is 16.8 Å². The van der Waals surface area contributed by atoms with E-state index in [1.165, 1.54) is 0 Å². The van der Waals surface area contributed by atoms with Crippen LogP contribution < -0.4 is 11.1 Å². The monoisotopic (exact) mass is 254 g/mol. The number of hydrogen-bond acceptors (Lipinski definition) is 2. The average molecular weight is 254 g/mol. The predicted octanol–water partition coefficient (Wildman–Crippen LogP) is 3.27. The maximum absolute atomic E-state index is 12.0. The molecule has 0 bridgehead atoms. The van der Waals surface area contributed by atoms with E-state index in [2.05, 4.69) is 5.32 Å². The molecule has 2 aromatic rings. The van der Waals surface area contributed by atoms with Crippen molar-refractivity contribution in [1.29, 1.82) is 0 Å². The zero-order valence-electron chi connectivity index (χ0n) is 11.2. The molecule has 0 saturated heterocycles. The molecule has 0 aromatic heterocycles. The fraction of sp³-hybridized carbons (Fsp3) is 0.188. The minimum atomic E-state index is -0.103. The van der Waals surface area contributed by atoms with E-state index < -0.39 is 0 Å². The van der Waals surface area contributed by atoms with E-state index >= 15 is 0 Å². The van der Waals surface area contributed by atoms with Gasteiger partial charge in [0.25, 0.3) is 5.91 Å². The SMILES string of the molecule is Cc1ccc(C(=O)Nc2ccc(C(C)N)cc2)cc1. The first-order chi connectivity index (χ1) is 9.06. The normalized spacial score (nSPS) is 11.9. The Morgan fingerprint density at radius 1 is 1.05 bits per heavy atom. The van der Waals surface area contributed by atoms with E-state index in [1.807, 2.05) is 62.4 Å². The summed E-state index contributed by atoms with van der Waals surface area (Å²) in [6, 6.07) is 15.1. The van der Waals surface area contributed by atoms with Crippen LogP contribution in [0.4, 0.5) is 5.69 Å². The van der Waals surface area contributed by atoms with Crippen molar-refractivity contribution in [1.82, 2.24) is 0 Å². The Labute approximate surface area is 113 Å². The summed E-state index contributed by atoms with van der Waals surface area (Å²) in [5.41, 5.74) is 9.40. The highest BCUT2D eigenvalue weighted by Crippen LogP contribution is 2.15. The van der Waals surface area contributed by atoms with Gasteiger partial charge in [-0.2, -0.15) is 0 Å². The largest absolute Gasteiger partial charge is 0.324 e. The van der Waals surface area contributed by atoms with Crippen molar-refractivity contribution in [2.24, 2.45) is 5.73 Å².